The maximum Gasteiger partial charge on any atom is 0.298 e. The zero-order valence-corrected chi connectivity index (χ0v) is 12.3. The van der Waals surface area contributed by atoms with Crippen LogP contribution in [0.4, 0.5) is 11.6 Å². The molecular weight excluding hydrogens is 280 g/mol. The molecule has 0 atom stereocenters. The molecule has 0 fully saturated rings. The lowest BCUT2D eigenvalue weighted by Crippen LogP contribution is -2.27. The van der Waals surface area contributed by atoms with Gasteiger partial charge in [0, 0.05) is 18.6 Å². The largest absolute Gasteiger partial charge is 0.298 e. The summed E-state index contributed by atoms with van der Waals surface area (Å²) in [6.07, 6.45) is 4.69. The molecule has 2 rings (SSSR count). The van der Waals surface area contributed by atoms with Crippen molar-refractivity contribution >= 4 is 30.0 Å². The second kappa shape index (κ2) is 7.63. The molecule has 7 heteroatoms. The van der Waals surface area contributed by atoms with Crippen molar-refractivity contribution in [2.24, 2.45) is 10.2 Å². The number of carbonyl (C=O) groups is 1. The van der Waals surface area contributed by atoms with E-state index >= 15 is 0 Å². The number of hydrogen-bond acceptors (Lipinski definition) is 6. The minimum absolute atomic E-state index is 0.292. The molecule has 0 saturated carbocycles. The monoisotopic (exact) mass is 296 g/mol. The Morgan fingerprint density at radius 3 is 2.73 bits per heavy atom. The SMILES string of the molecule is CC=NNc1cccc(N(N=CC)C(=O)c2ccccn2)n1. The van der Waals surface area contributed by atoms with Gasteiger partial charge >= 0.3 is 0 Å². The number of rotatable bonds is 5. The van der Waals surface area contributed by atoms with Crippen LogP contribution in [0.2, 0.25) is 0 Å². The highest BCUT2D eigenvalue weighted by Gasteiger charge is 2.19. The van der Waals surface area contributed by atoms with Crippen LogP contribution >= 0.6 is 0 Å². The van der Waals surface area contributed by atoms with Crippen LogP contribution in [-0.2, 0) is 0 Å². The van der Waals surface area contributed by atoms with Gasteiger partial charge in [-0.3, -0.25) is 15.2 Å². The molecule has 112 valence electrons. The standard InChI is InChI=1S/C15H16N6O/c1-3-17-20-13-9-7-10-14(19-13)21(18-4-2)15(22)12-8-5-6-11-16-12/h3-11H,1-2H3,(H,19,20). The predicted octanol–water partition coefficient (Wildman–Crippen LogP) is 2.55. The van der Waals surface area contributed by atoms with Gasteiger partial charge in [0.15, 0.2) is 5.82 Å². The lowest BCUT2D eigenvalue weighted by Gasteiger charge is -2.16. The molecule has 1 amide bonds. The second-order valence-electron chi connectivity index (χ2n) is 4.09. The fourth-order valence-corrected chi connectivity index (χ4v) is 1.66. The highest BCUT2D eigenvalue weighted by molar-refractivity contribution is 6.04. The lowest BCUT2D eigenvalue weighted by molar-refractivity contribution is 0.0982. The minimum Gasteiger partial charge on any atom is -0.265 e. The van der Waals surface area contributed by atoms with Crippen LogP contribution in [0.1, 0.15) is 24.3 Å². The quantitative estimate of drug-likeness (QED) is 0.679. The van der Waals surface area contributed by atoms with Crippen molar-refractivity contribution < 1.29 is 4.79 Å². The smallest absolute Gasteiger partial charge is 0.265 e. The molecular formula is C15H16N6O. The molecule has 0 aliphatic carbocycles. The van der Waals surface area contributed by atoms with Gasteiger partial charge in [0.1, 0.15) is 11.5 Å². The molecule has 2 heterocycles. The highest BCUT2D eigenvalue weighted by Crippen LogP contribution is 2.17. The number of aromatic nitrogens is 2. The summed E-state index contributed by atoms with van der Waals surface area (Å²) in [5, 5.41) is 9.18. The molecule has 0 aliphatic rings. The van der Waals surface area contributed by atoms with Crippen molar-refractivity contribution in [1.82, 2.24) is 9.97 Å². The van der Waals surface area contributed by atoms with Gasteiger partial charge in [-0.15, -0.1) is 0 Å². The van der Waals surface area contributed by atoms with E-state index in [-0.39, 0.29) is 5.91 Å². The Morgan fingerprint density at radius 1 is 1.18 bits per heavy atom. The van der Waals surface area contributed by atoms with E-state index in [1.165, 1.54) is 11.2 Å². The van der Waals surface area contributed by atoms with Gasteiger partial charge in [0.2, 0.25) is 0 Å². The molecule has 1 N–H and O–H groups in total. The van der Waals surface area contributed by atoms with E-state index in [0.717, 1.165) is 0 Å². The van der Waals surface area contributed by atoms with Crippen molar-refractivity contribution in [3.05, 3.63) is 48.3 Å². The Kier molecular flexibility index (Phi) is 5.31. The first-order valence-electron chi connectivity index (χ1n) is 6.71. The Bertz CT molecular complexity index is 683. The molecule has 2 aromatic heterocycles. The molecule has 0 radical (unpaired) electrons. The molecule has 2 aromatic rings. The van der Waals surface area contributed by atoms with E-state index in [1.54, 1.807) is 62.7 Å². The number of nitrogens with one attached hydrogen (secondary N) is 1. The predicted molar refractivity (Wildman–Crippen MR) is 87.2 cm³/mol. The Morgan fingerprint density at radius 2 is 2.05 bits per heavy atom. The van der Waals surface area contributed by atoms with Crippen molar-refractivity contribution in [1.29, 1.82) is 0 Å². The summed E-state index contributed by atoms with van der Waals surface area (Å²) in [6.45, 7) is 3.51. The van der Waals surface area contributed by atoms with Crippen LogP contribution in [0, 0.1) is 0 Å². The Hall–Kier alpha value is -3.09. The average molecular weight is 296 g/mol. The Balaban J connectivity index is 2.34. The zero-order chi connectivity index (χ0) is 15.8. The normalized spacial score (nSPS) is 11.0. The molecule has 0 unspecified atom stereocenters. The van der Waals surface area contributed by atoms with E-state index < -0.39 is 0 Å². The van der Waals surface area contributed by atoms with Crippen LogP contribution in [0.15, 0.2) is 52.8 Å². The summed E-state index contributed by atoms with van der Waals surface area (Å²) in [7, 11) is 0. The van der Waals surface area contributed by atoms with Crippen LogP contribution in [0.5, 0.6) is 0 Å². The summed E-state index contributed by atoms with van der Waals surface area (Å²) < 4.78 is 0. The first-order valence-corrected chi connectivity index (χ1v) is 6.71. The first-order chi connectivity index (χ1) is 10.8. The van der Waals surface area contributed by atoms with Gasteiger partial charge < -0.3 is 0 Å². The number of amides is 1. The van der Waals surface area contributed by atoms with E-state index in [2.05, 4.69) is 25.6 Å². The minimum atomic E-state index is -0.359. The third kappa shape index (κ3) is 3.72. The van der Waals surface area contributed by atoms with E-state index in [9.17, 15) is 4.79 Å². The first kappa shape index (κ1) is 15.3. The number of pyridine rings is 2. The summed E-state index contributed by atoms with van der Waals surface area (Å²) in [5.74, 6) is 0.535. The van der Waals surface area contributed by atoms with E-state index in [1.807, 2.05) is 0 Å². The van der Waals surface area contributed by atoms with Gasteiger partial charge in [-0.25, -0.2) is 4.98 Å². The van der Waals surface area contributed by atoms with Gasteiger partial charge in [0.25, 0.3) is 5.91 Å². The molecule has 0 saturated heterocycles. The second-order valence-corrected chi connectivity index (χ2v) is 4.09. The van der Waals surface area contributed by atoms with Crippen LogP contribution in [0.3, 0.4) is 0 Å². The number of nitrogens with zero attached hydrogens (tertiary/aromatic N) is 5. The topological polar surface area (TPSA) is 82.8 Å². The third-order valence-corrected chi connectivity index (χ3v) is 2.57. The molecule has 7 nitrogen and oxygen atoms in total. The van der Waals surface area contributed by atoms with Gasteiger partial charge in [-0.1, -0.05) is 12.1 Å². The molecule has 22 heavy (non-hydrogen) atoms. The van der Waals surface area contributed by atoms with Gasteiger partial charge in [-0.2, -0.15) is 15.2 Å². The van der Waals surface area contributed by atoms with Crippen molar-refractivity contribution in [2.75, 3.05) is 10.4 Å². The summed E-state index contributed by atoms with van der Waals surface area (Å²) in [5.41, 5.74) is 3.05. The maximum absolute atomic E-state index is 12.5. The molecule has 0 bridgehead atoms. The van der Waals surface area contributed by atoms with E-state index in [0.29, 0.717) is 17.3 Å². The van der Waals surface area contributed by atoms with E-state index in [4.69, 9.17) is 0 Å². The zero-order valence-electron chi connectivity index (χ0n) is 12.3. The fourth-order valence-electron chi connectivity index (χ4n) is 1.66. The fraction of sp³-hybridized carbons (Fsp3) is 0.133. The third-order valence-electron chi connectivity index (χ3n) is 2.57. The summed E-state index contributed by atoms with van der Waals surface area (Å²) in [6, 6.07) is 10.3. The average Bonchev–Trinajstić information content (AvgIpc) is 2.58. The Labute approximate surface area is 128 Å². The molecule has 0 spiro atoms. The van der Waals surface area contributed by atoms with Crippen molar-refractivity contribution in [3.8, 4) is 0 Å². The van der Waals surface area contributed by atoms with Crippen molar-refractivity contribution in [2.45, 2.75) is 13.8 Å². The van der Waals surface area contributed by atoms with Crippen LogP contribution in [0.25, 0.3) is 0 Å². The lowest BCUT2D eigenvalue weighted by atomic mass is 10.3. The molecule has 0 aromatic carbocycles. The number of hydrazone groups is 2. The van der Waals surface area contributed by atoms with Crippen LogP contribution in [-0.4, -0.2) is 28.3 Å². The van der Waals surface area contributed by atoms with Gasteiger partial charge in [0.05, 0.1) is 0 Å². The van der Waals surface area contributed by atoms with Crippen LogP contribution < -0.4 is 10.4 Å². The maximum atomic E-state index is 12.5. The van der Waals surface area contributed by atoms with Crippen molar-refractivity contribution in [3.63, 3.8) is 0 Å². The highest BCUT2D eigenvalue weighted by atomic mass is 16.2. The summed E-state index contributed by atoms with van der Waals surface area (Å²) in [4.78, 5) is 20.9. The van der Waals surface area contributed by atoms with Gasteiger partial charge in [-0.05, 0) is 38.1 Å². The summed E-state index contributed by atoms with van der Waals surface area (Å²) >= 11 is 0. The number of hydrogen-bond donors (Lipinski definition) is 1. The number of anilines is 2. The number of carbonyl (C=O) groups excluding carboxylic acids is 1. The molecule has 0 aliphatic heterocycles.